The molecule has 2 nitrogen and oxygen atoms in total. The Kier molecular flexibility index (Phi) is 7.56. The molecule has 0 heterocycles. The van der Waals surface area contributed by atoms with Crippen LogP contribution >= 0.6 is 0 Å². The van der Waals surface area contributed by atoms with Gasteiger partial charge in [0, 0.05) is 0 Å². The van der Waals surface area contributed by atoms with E-state index < -0.39 is 5.97 Å². The van der Waals surface area contributed by atoms with E-state index in [0.717, 1.165) is 0 Å². The van der Waals surface area contributed by atoms with Gasteiger partial charge >= 0.3 is 71.9 Å². The first kappa shape index (κ1) is 10.3. The summed E-state index contributed by atoms with van der Waals surface area (Å²) in [4.78, 5) is 10.1. The fourth-order valence-corrected chi connectivity index (χ4v) is 2.69. The normalized spacial score (nSPS) is 9.70. The molecule has 0 unspecified atom stereocenters. The summed E-state index contributed by atoms with van der Waals surface area (Å²) in [6.07, 6.45) is 3.75. The molecule has 0 aromatic heterocycles. The molecule has 0 atom stereocenters. The number of hydrogen-bond donors (Lipinski definition) is 1. The number of unbranched alkanes of at least 4 members (excludes halogenated alkanes) is 2. The first-order valence-electron chi connectivity index (χ1n) is 3.57. The van der Waals surface area contributed by atoms with E-state index in [0.29, 0.717) is 4.47 Å². The first-order valence-corrected chi connectivity index (χ1v) is 6.86. The van der Waals surface area contributed by atoms with Gasteiger partial charge in [0.25, 0.3) is 0 Å². The average Bonchev–Trinajstić information content (AvgIpc) is 1.87. The summed E-state index contributed by atoms with van der Waals surface area (Å²) in [5.41, 5.74) is 0. The summed E-state index contributed by atoms with van der Waals surface area (Å²) >= 11 is -0.186. The molecule has 0 saturated carbocycles. The van der Waals surface area contributed by atoms with Crippen molar-refractivity contribution in [2.45, 2.75) is 35.1 Å². The second-order valence-corrected chi connectivity index (χ2v) is 5.31. The van der Waals surface area contributed by atoms with Crippen molar-refractivity contribution in [1.29, 1.82) is 0 Å². The Hall–Kier alpha value is 0.260. The van der Waals surface area contributed by atoms with Gasteiger partial charge in [-0.3, -0.25) is 0 Å². The predicted octanol–water partition coefficient (Wildman–Crippen LogP) is 1.80. The maximum absolute atomic E-state index is 10.1. The van der Waals surface area contributed by atoms with Crippen molar-refractivity contribution in [3.63, 3.8) is 0 Å². The summed E-state index contributed by atoms with van der Waals surface area (Å²) in [6.45, 7) is 2.16. The van der Waals surface area contributed by atoms with Crippen molar-refractivity contribution in [2.75, 3.05) is 0 Å². The van der Waals surface area contributed by atoms with E-state index in [1.807, 2.05) is 0 Å². The minimum absolute atomic E-state index is 0.186. The molecule has 0 rings (SSSR count). The zero-order chi connectivity index (χ0) is 7.82. The second kappa shape index (κ2) is 7.37. The molecule has 3 heteroatoms. The van der Waals surface area contributed by atoms with Gasteiger partial charge in [-0.15, -0.1) is 0 Å². The van der Waals surface area contributed by atoms with Gasteiger partial charge in [-0.05, 0) is 0 Å². The van der Waals surface area contributed by atoms with Crippen molar-refractivity contribution in [3.8, 4) is 0 Å². The molecule has 0 bridgehead atoms. The molecule has 0 aliphatic rings. The molecule has 0 radical (unpaired) electrons. The Labute approximate surface area is 72.1 Å². The van der Waals surface area contributed by atoms with Crippen molar-refractivity contribution in [2.24, 2.45) is 0 Å². The van der Waals surface area contributed by atoms with E-state index >= 15 is 0 Å². The zero-order valence-corrected chi connectivity index (χ0v) is 8.63. The molecular formula is C7H14O2Te. The molecule has 0 fully saturated rings. The van der Waals surface area contributed by atoms with E-state index in [4.69, 9.17) is 5.11 Å². The third kappa shape index (κ3) is 8.26. The van der Waals surface area contributed by atoms with E-state index in [2.05, 4.69) is 6.92 Å². The van der Waals surface area contributed by atoms with Crippen molar-refractivity contribution >= 4 is 26.9 Å². The number of carboxylic acids is 1. The quantitative estimate of drug-likeness (QED) is 0.582. The summed E-state index contributed by atoms with van der Waals surface area (Å²) in [5, 5.41) is 8.30. The molecule has 0 aromatic carbocycles. The number of carboxylic acid groups (broad SMARTS) is 1. The van der Waals surface area contributed by atoms with Gasteiger partial charge in [0.1, 0.15) is 0 Å². The fraction of sp³-hybridized carbons (Fsp3) is 0.857. The Morgan fingerprint density at radius 1 is 1.50 bits per heavy atom. The van der Waals surface area contributed by atoms with Crippen LogP contribution in [0, 0.1) is 0 Å². The van der Waals surface area contributed by atoms with Gasteiger partial charge in [-0.2, -0.15) is 0 Å². The molecular weight excluding hydrogens is 244 g/mol. The standard InChI is InChI=1S/C7H14O2Te/c1-2-3-4-5-10-6-7(8)9/h2-6H2,1H3,(H,8,9). The van der Waals surface area contributed by atoms with Crippen LogP contribution in [0.3, 0.4) is 0 Å². The van der Waals surface area contributed by atoms with Gasteiger partial charge in [-0.1, -0.05) is 0 Å². The number of aliphatic carboxylic acids is 1. The van der Waals surface area contributed by atoms with Crippen LogP contribution in [0.1, 0.15) is 26.2 Å². The fourth-order valence-electron chi connectivity index (χ4n) is 0.614. The number of hydrogen-bond acceptors (Lipinski definition) is 1. The molecule has 10 heavy (non-hydrogen) atoms. The molecule has 0 spiro atoms. The summed E-state index contributed by atoms with van der Waals surface area (Å²) in [6, 6.07) is 0. The van der Waals surface area contributed by atoms with Gasteiger partial charge in [-0.25, -0.2) is 0 Å². The SMILES string of the molecule is CCCCC[Te]CC(=O)O. The Morgan fingerprint density at radius 2 is 2.20 bits per heavy atom. The molecule has 1 N–H and O–H groups in total. The Balaban J connectivity index is 2.84. The van der Waals surface area contributed by atoms with Crippen LogP contribution in [-0.2, 0) is 4.79 Å². The molecule has 0 aromatic rings. The predicted molar refractivity (Wildman–Crippen MR) is 42.5 cm³/mol. The van der Waals surface area contributed by atoms with Crippen molar-refractivity contribution in [3.05, 3.63) is 0 Å². The third-order valence-electron chi connectivity index (χ3n) is 1.12. The molecule has 60 valence electrons. The summed E-state index contributed by atoms with van der Waals surface area (Å²) < 4.78 is 1.67. The van der Waals surface area contributed by atoms with Gasteiger partial charge in [0.2, 0.25) is 0 Å². The van der Waals surface area contributed by atoms with Gasteiger partial charge in [0.15, 0.2) is 0 Å². The Morgan fingerprint density at radius 3 is 2.70 bits per heavy atom. The van der Waals surface area contributed by atoms with E-state index in [1.165, 1.54) is 23.7 Å². The van der Waals surface area contributed by atoms with Crippen LogP contribution in [0.2, 0.25) is 8.94 Å². The number of carbonyl (C=O) groups is 1. The third-order valence-corrected chi connectivity index (χ3v) is 4.05. The van der Waals surface area contributed by atoms with Crippen LogP contribution in [0.4, 0.5) is 0 Å². The van der Waals surface area contributed by atoms with Crippen molar-refractivity contribution < 1.29 is 9.90 Å². The molecule has 0 saturated heterocycles. The second-order valence-electron chi connectivity index (χ2n) is 2.15. The summed E-state index contributed by atoms with van der Waals surface area (Å²) in [7, 11) is 0. The van der Waals surface area contributed by atoms with Crippen LogP contribution in [0.15, 0.2) is 0 Å². The van der Waals surface area contributed by atoms with E-state index in [9.17, 15) is 4.79 Å². The summed E-state index contributed by atoms with van der Waals surface area (Å²) in [5.74, 6) is -0.612. The maximum atomic E-state index is 10.1. The van der Waals surface area contributed by atoms with Crippen molar-refractivity contribution in [1.82, 2.24) is 0 Å². The van der Waals surface area contributed by atoms with Crippen LogP contribution in [0.25, 0.3) is 0 Å². The molecule has 0 aliphatic carbocycles. The van der Waals surface area contributed by atoms with Gasteiger partial charge < -0.3 is 0 Å². The van der Waals surface area contributed by atoms with Crippen LogP contribution < -0.4 is 0 Å². The minimum atomic E-state index is -0.612. The Bertz CT molecular complexity index is 93.6. The first-order chi connectivity index (χ1) is 4.77. The molecule has 0 amide bonds. The van der Waals surface area contributed by atoms with Crippen LogP contribution in [0.5, 0.6) is 0 Å². The zero-order valence-electron chi connectivity index (χ0n) is 6.30. The van der Waals surface area contributed by atoms with Gasteiger partial charge in [0.05, 0.1) is 0 Å². The van der Waals surface area contributed by atoms with Crippen LogP contribution in [-0.4, -0.2) is 32.0 Å². The topological polar surface area (TPSA) is 37.3 Å². The average molecular weight is 258 g/mol. The van der Waals surface area contributed by atoms with E-state index in [1.54, 1.807) is 0 Å². The van der Waals surface area contributed by atoms with E-state index in [-0.39, 0.29) is 20.9 Å². The monoisotopic (exact) mass is 260 g/mol. The molecule has 0 aliphatic heterocycles. The number of rotatable bonds is 6.